The molecule has 0 unspecified atom stereocenters. The Morgan fingerprint density at radius 1 is 1.23 bits per heavy atom. The summed E-state index contributed by atoms with van der Waals surface area (Å²) in [7, 11) is 1.59. The van der Waals surface area contributed by atoms with Crippen LogP contribution in [0.4, 0.5) is 5.69 Å². The molecule has 0 radical (unpaired) electrons. The second-order valence-electron chi connectivity index (χ2n) is 6.31. The van der Waals surface area contributed by atoms with E-state index in [1.165, 1.54) is 12.1 Å². The standard InChI is InChI=1S/C20H18BrN5O4/c1-13(15-5-9-17(30-2)10-6-15)22-23-20(27)19-18(21)12-25(24-19)11-14-3-7-16(8-4-14)26(28)29/h3-10,12H,11H2,1-2H3,(H,23,27). The lowest BCUT2D eigenvalue weighted by molar-refractivity contribution is -0.384. The summed E-state index contributed by atoms with van der Waals surface area (Å²) in [6.07, 6.45) is 1.66. The van der Waals surface area contributed by atoms with Gasteiger partial charge in [0.1, 0.15) is 5.75 Å². The lowest BCUT2D eigenvalue weighted by atomic mass is 10.1. The van der Waals surface area contributed by atoms with Gasteiger partial charge in [-0.2, -0.15) is 10.2 Å². The van der Waals surface area contributed by atoms with E-state index in [1.807, 2.05) is 24.3 Å². The number of hydrazone groups is 1. The van der Waals surface area contributed by atoms with Gasteiger partial charge in [0.05, 0.1) is 28.8 Å². The number of halogens is 1. The molecule has 0 saturated heterocycles. The molecule has 0 bridgehead atoms. The first-order chi connectivity index (χ1) is 14.4. The molecule has 0 aliphatic rings. The summed E-state index contributed by atoms with van der Waals surface area (Å²) < 4.78 is 7.21. The number of aromatic nitrogens is 2. The summed E-state index contributed by atoms with van der Waals surface area (Å²) in [6.45, 7) is 2.14. The van der Waals surface area contributed by atoms with Crippen LogP contribution in [0.3, 0.4) is 0 Å². The summed E-state index contributed by atoms with van der Waals surface area (Å²) in [6, 6.07) is 13.5. The molecule has 0 spiro atoms. The number of hydrogen-bond donors (Lipinski definition) is 1. The molecule has 1 amide bonds. The normalized spacial score (nSPS) is 11.2. The van der Waals surface area contributed by atoms with Crippen LogP contribution in [0.1, 0.15) is 28.5 Å². The van der Waals surface area contributed by atoms with Crippen molar-refractivity contribution in [2.75, 3.05) is 7.11 Å². The zero-order valence-electron chi connectivity index (χ0n) is 16.2. The van der Waals surface area contributed by atoms with Crippen LogP contribution in [0.5, 0.6) is 5.75 Å². The molecule has 154 valence electrons. The Labute approximate surface area is 180 Å². The molecule has 0 saturated carbocycles. The van der Waals surface area contributed by atoms with Crippen molar-refractivity contribution in [1.82, 2.24) is 15.2 Å². The van der Waals surface area contributed by atoms with Crippen molar-refractivity contribution < 1.29 is 14.5 Å². The highest BCUT2D eigenvalue weighted by Gasteiger charge is 2.15. The first-order valence-electron chi connectivity index (χ1n) is 8.82. The Hall–Kier alpha value is -3.53. The Balaban J connectivity index is 1.67. The predicted molar refractivity (Wildman–Crippen MR) is 115 cm³/mol. The molecule has 0 aliphatic carbocycles. The Morgan fingerprint density at radius 2 is 1.90 bits per heavy atom. The summed E-state index contributed by atoms with van der Waals surface area (Å²) in [5.74, 6) is 0.273. The zero-order valence-corrected chi connectivity index (χ0v) is 17.8. The smallest absolute Gasteiger partial charge is 0.293 e. The highest BCUT2D eigenvalue weighted by atomic mass is 79.9. The lowest BCUT2D eigenvalue weighted by Gasteiger charge is -2.04. The first kappa shape index (κ1) is 21.2. The number of rotatable bonds is 7. The fraction of sp³-hybridized carbons (Fsp3) is 0.150. The fourth-order valence-electron chi connectivity index (χ4n) is 2.63. The molecule has 30 heavy (non-hydrogen) atoms. The number of nitrogens with zero attached hydrogens (tertiary/aromatic N) is 4. The molecule has 0 fully saturated rings. The Morgan fingerprint density at radius 3 is 2.50 bits per heavy atom. The number of carbonyl (C=O) groups excluding carboxylic acids is 1. The lowest BCUT2D eigenvalue weighted by Crippen LogP contribution is -2.20. The summed E-state index contributed by atoms with van der Waals surface area (Å²) in [5, 5.41) is 19.1. The molecule has 1 N–H and O–H groups in total. The number of ether oxygens (including phenoxy) is 1. The number of nitro benzene ring substituents is 1. The van der Waals surface area contributed by atoms with Gasteiger partial charge in [-0.05, 0) is 58.2 Å². The second kappa shape index (κ2) is 9.31. The number of nitro groups is 1. The van der Waals surface area contributed by atoms with E-state index in [0.29, 0.717) is 16.7 Å². The van der Waals surface area contributed by atoms with Crippen LogP contribution in [0.2, 0.25) is 0 Å². The maximum absolute atomic E-state index is 12.5. The van der Waals surface area contributed by atoms with Gasteiger partial charge in [-0.3, -0.25) is 19.6 Å². The Bertz CT molecular complexity index is 1090. The van der Waals surface area contributed by atoms with Crippen molar-refractivity contribution in [3.8, 4) is 5.75 Å². The molecular formula is C20H18BrN5O4. The average Bonchev–Trinajstić information content (AvgIpc) is 3.12. The van der Waals surface area contributed by atoms with Gasteiger partial charge < -0.3 is 4.74 Å². The van der Waals surface area contributed by atoms with Crippen molar-refractivity contribution in [3.63, 3.8) is 0 Å². The average molecular weight is 472 g/mol. The van der Waals surface area contributed by atoms with Gasteiger partial charge in [0, 0.05) is 18.3 Å². The highest BCUT2D eigenvalue weighted by molar-refractivity contribution is 9.10. The van der Waals surface area contributed by atoms with Crippen LogP contribution in [-0.4, -0.2) is 33.4 Å². The van der Waals surface area contributed by atoms with Crippen molar-refractivity contribution in [2.45, 2.75) is 13.5 Å². The summed E-state index contributed by atoms with van der Waals surface area (Å²) >= 11 is 3.33. The molecule has 3 aromatic rings. The number of hydrogen-bond acceptors (Lipinski definition) is 6. The van der Waals surface area contributed by atoms with E-state index >= 15 is 0 Å². The van der Waals surface area contributed by atoms with Gasteiger partial charge in [0.25, 0.3) is 11.6 Å². The minimum absolute atomic E-state index is 0.0190. The van der Waals surface area contributed by atoms with E-state index in [0.717, 1.165) is 16.9 Å². The monoisotopic (exact) mass is 471 g/mol. The van der Waals surface area contributed by atoms with Crippen molar-refractivity contribution in [1.29, 1.82) is 0 Å². The van der Waals surface area contributed by atoms with Crippen molar-refractivity contribution in [2.24, 2.45) is 5.10 Å². The van der Waals surface area contributed by atoms with E-state index in [9.17, 15) is 14.9 Å². The first-order valence-corrected chi connectivity index (χ1v) is 9.62. The molecule has 0 atom stereocenters. The van der Waals surface area contributed by atoms with Crippen LogP contribution < -0.4 is 10.2 Å². The van der Waals surface area contributed by atoms with Gasteiger partial charge >= 0.3 is 0 Å². The number of amides is 1. The minimum atomic E-state index is -0.461. The largest absolute Gasteiger partial charge is 0.497 e. The van der Waals surface area contributed by atoms with Crippen LogP contribution >= 0.6 is 15.9 Å². The number of nitrogens with one attached hydrogen (secondary N) is 1. The van der Waals surface area contributed by atoms with Gasteiger partial charge in [-0.25, -0.2) is 5.43 Å². The van der Waals surface area contributed by atoms with E-state index in [2.05, 4.69) is 31.6 Å². The van der Waals surface area contributed by atoms with Gasteiger partial charge in [0.15, 0.2) is 5.69 Å². The predicted octanol–water partition coefficient (Wildman–Crippen LogP) is 3.76. The molecule has 0 aliphatic heterocycles. The van der Waals surface area contributed by atoms with E-state index in [-0.39, 0.29) is 11.4 Å². The van der Waals surface area contributed by atoms with Gasteiger partial charge in [0.2, 0.25) is 0 Å². The maximum atomic E-state index is 12.5. The molecule has 10 heteroatoms. The van der Waals surface area contributed by atoms with Crippen molar-refractivity contribution >= 4 is 33.2 Å². The summed E-state index contributed by atoms with van der Waals surface area (Å²) in [4.78, 5) is 22.8. The Kier molecular flexibility index (Phi) is 6.58. The van der Waals surface area contributed by atoms with Gasteiger partial charge in [-0.15, -0.1) is 0 Å². The topological polar surface area (TPSA) is 112 Å². The van der Waals surface area contributed by atoms with Crippen LogP contribution in [-0.2, 0) is 6.54 Å². The van der Waals surface area contributed by atoms with E-state index in [1.54, 1.807) is 37.0 Å². The molecule has 9 nitrogen and oxygen atoms in total. The number of methoxy groups -OCH3 is 1. The number of non-ortho nitro benzene ring substituents is 1. The van der Waals surface area contributed by atoms with E-state index < -0.39 is 10.8 Å². The van der Waals surface area contributed by atoms with E-state index in [4.69, 9.17) is 4.74 Å². The molecular weight excluding hydrogens is 454 g/mol. The molecule has 1 aromatic heterocycles. The maximum Gasteiger partial charge on any atom is 0.293 e. The second-order valence-corrected chi connectivity index (χ2v) is 7.17. The zero-order chi connectivity index (χ0) is 21.7. The fourth-order valence-corrected chi connectivity index (χ4v) is 3.12. The van der Waals surface area contributed by atoms with Gasteiger partial charge in [-0.1, -0.05) is 12.1 Å². The third kappa shape index (κ3) is 5.09. The third-order valence-corrected chi connectivity index (χ3v) is 4.84. The highest BCUT2D eigenvalue weighted by Crippen LogP contribution is 2.18. The molecule has 3 rings (SSSR count). The van der Waals surface area contributed by atoms with Crippen LogP contribution in [0, 0.1) is 10.1 Å². The SMILES string of the molecule is COc1ccc(C(C)=NNC(=O)c2nn(Cc3ccc([N+](=O)[O-])cc3)cc2Br)cc1. The van der Waals surface area contributed by atoms with Crippen molar-refractivity contribution in [3.05, 3.63) is 86.1 Å². The third-order valence-electron chi connectivity index (χ3n) is 4.26. The quantitative estimate of drug-likeness (QED) is 0.320. The number of carbonyl (C=O) groups is 1. The van der Waals surface area contributed by atoms with Crippen LogP contribution in [0.25, 0.3) is 0 Å². The molecule has 1 heterocycles. The van der Waals surface area contributed by atoms with Crippen LogP contribution in [0.15, 0.2) is 64.3 Å². The molecule has 2 aromatic carbocycles. The minimum Gasteiger partial charge on any atom is -0.497 e. The number of benzene rings is 2. The summed E-state index contributed by atoms with van der Waals surface area (Å²) in [5.41, 5.74) is 5.00.